The number of esters is 1. The summed E-state index contributed by atoms with van der Waals surface area (Å²) in [6.07, 6.45) is 3.97. The van der Waals surface area contributed by atoms with Crippen LogP contribution in [0.2, 0.25) is 0 Å². The number of rotatable bonds is 4. The van der Waals surface area contributed by atoms with Crippen molar-refractivity contribution in [1.82, 2.24) is 0 Å². The van der Waals surface area contributed by atoms with Crippen molar-refractivity contribution in [2.75, 3.05) is 0 Å². The highest BCUT2D eigenvalue weighted by molar-refractivity contribution is 5.86. The van der Waals surface area contributed by atoms with Crippen LogP contribution in [0.3, 0.4) is 0 Å². The summed E-state index contributed by atoms with van der Waals surface area (Å²) in [6.45, 7) is 3.19. The van der Waals surface area contributed by atoms with Gasteiger partial charge in [0.25, 0.3) is 0 Å². The number of aromatic nitrogens is 1. The molecule has 0 aliphatic heterocycles. The first kappa shape index (κ1) is 10.9. The molecular formula is C10H10NO4+. The summed E-state index contributed by atoms with van der Waals surface area (Å²) in [5, 5.41) is 8.70. The number of hydrogen-bond acceptors (Lipinski definition) is 3. The van der Waals surface area contributed by atoms with E-state index in [1.807, 2.05) is 0 Å². The smallest absolute Gasteiger partial charge is 0.377 e. The Hall–Kier alpha value is -2.17. The van der Waals surface area contributed by atoms with Crippen LogP contribution in [0, 0.1) is 0 Å². The lowest BCUT2D eigenvalue weighted by Gasteiger charge is -1.96. The monoisotopic (exact) mass is 208 g/mol. The predicted molar refractivity (Wildman–Crippen MR) is 49.9 cm³/mol. The number of nitrogens with zero attached hydrogens (tertiary/aromatic N) is 1. The Morgan fingerprint density at radius 3 is 2.93 bits per heavy atom. The van der Waals surface area contributed by atoms with Crippen LogP contribution in [0.1, 0.15) is 10.4 Å². The predicted octanol–water partition coefficient (Wildman–Crippen LogP) is 0.359. The van der Waals surface area contributed by atoms with Crippen molar-refractivity contribution in [3.8, 4) is 0 Å². The molecule has 0 bridgehead atoms. The summed E-state index contributed by atoms with van der Waals surface area (Å²) in [6, 6.07) is 2.99. The molecule has 0 aliphatic carbocycles. The minimum Gasteiger partial charge on any atom is -0.477 e. The van der Waals surface area contributed by atoms with Crippen molar-refractivity contribution in [3.05, 3.63) is 42.9 Å². The van der Waals surface area contributed by atoms with E-state index >= 15 is 0 Å². The number of carbonyl (C=O) groups is 2. The molecule has 1 aromatic heterocycles. The lowest BCUT2D eigenvalue weighted by Crippen LogP contribution is -2.38. The van der Waals surface area contributed by atoms with Gasteiger partial charge >= 0.3 is 11.9 Å². The molecule has 0 unspecified atom stereocenters. The van der Waals surface area contributed by atoms with Crippen LogP contribution < -0.4 is 4.57 Å². The van der Waals surface area contributed by atoms with Gasteiger partial charge in [0.05, 0.1) is 6.26 Å². The normalized spacial score (nSPS) is 9.33. The van der Waals surface area contributed by atoms with E-state index in [0.717, 1.165) is 6.26 Å². The topological polar surface area (TPSA) is 67.5 Å². The van der Waals surface area contributed by atoms with E-state index in [1.54, 1.807) is 12.3 Å². The summed E-state index contributed by atoms with van der Waals surface area (Å²) in [5.41, 5.74) is 0.115. The average Bonchev–Trinajstić information content (AvgIpc) is 2.18. The second kappa shape index (κ2) is 4.90. The minimum atomic E-state index is -1.04. The second-order valence-electron chi connectivity index (χ2n) is 2.73. The average molecular weight is 208 g/mol. The number of aromatic carboxylic acids is 1. The van der Waals surface area contributed by atoms with E-state index in [2.05, 4.69) is 11.3 Å². The van der Waals surface area contributed by atoms with E-state index in [0.29, 0.717) is 0 Å². The summed E-state index contributed by atoms with van der Waals surface area (Å²) in [7, 11) is 0. The Morgan fingerprint density at radius 1 is 1.60 bits per heavy atom. The largest absolute Gasteiger partial charge is 0.477 e. The SMILES string of the molecule is C=COC(=O)C[n+]1cccc(C(=O)O)c1. The Kier molecular flexibility index (Phi) is 3.56. The van der Waals surface area contributed by atoms with E-state index in [1.165, 1.54) is 16.8 Å². The number of carboxylic acids is 1. The van der Waals surface area contributed by atoms with Crippen molar-refractivity contribution >= 4 is 11.9 Å². The van der Waals surface area contributed by atoms with Crippen molar-refractivity contribution in [1.29, 1.82) is 0 Å². The maximum absolute atomic E-state index is 11.0. The highest BCUT2D eigenvalue weighted by atomic mass is 16.5. The number of pyridine rings is 1. The minimum absolute atomic E-state index is 0.0485. The Bertz CT molecular complexity index is 400. The molecule has 78 valence electrons. The van der Waals surface area contributed by atoms with E-state index in [9.17, 15) is 9.59 Å². The van der Waals surface area contributed by atoms with Crippen LogP contribution in [0.25, 0.3) is 0 Å². The molecule has 0 atom stereocenters. The number of carbonyl (C=O) groups excluding carboxylic acids is 1. The Morgan fingerprint density at radius 2 is 2.33 bits per heavy atom. The molecule has 1 heterocycles. The molecule has 0 radical (unpaired) electrons. The third kappa shape index (κ3) is 3.22. The number of ether oxygens (including phenoxy) is 1. The third-order valence-electron chi connectivity index (χ3n) is 1.63. The van der Waals surface area contributed by atoms with Gasteiger partial charge in [-0.25, -0.2) is 9.59 Å². The molecule has 0 spiro atoms. The van der Waals surface area contributed by atoms with Crippen molar-refractivity contribution < 1.29 is 24.0 Å². The highest BCUT2D eigenvalue weighted by Crippen LogP contribution is 1.93. The van der Waals surface area contributed by atoms with Gasteiger partial charge in [0.1, 0.15) is 5.56 Å². The Labute approximate surface area is 86.2 Å². The van der Waals surface area contributed by atoms with Crippen LogP contribution in [-0.2, 0) is 16.1 Å². The van der Waals surface area contributed by atoms with Gasteiger partial charge < -0.3 is 9.84 Å². The Balaban J connectivity index is 2.77. The van der Waals surface area contributed by atoms with Crippen LogP contribution >= 0.6 is 0 Å². The highest BCUT2D eigenvalue weighted by Gasteiger charge is 2.12. The first-order chi connectivity index (χ1) is 7.13. The van der Waals surface area contributed by atoms with Gasteiger partial charge in [0, 0.05) is 6.07 Å². The fourth-order valence-electron chi connectivity index (χ4n) is 1.03. The van der Waals surface area contributed by atoms with Gasteiger partial charge in [-0.15, -0.1) is 0 Å². The quantitative estimate of drug-likeness (QED) is 0.440. The van der Waals surface area contributed by atoms with Crippen LogP contribution in [-0.4, -0.2) is 17.0 Å². The lowest BCUT2D eigenvalue weighted by molar-refractivity contribution is -0.685. The molecule has 0 aliphatic rings. The van der Waals surface area contributed by atoms with Crippen molar-refractivity contribution in [2.24, 2.45) is 0 Å². The molecular weight excluding hydrogens is 198 g/mol. The second-order valence-corrected chi connectivity index (χ2v) is 2.73. The molecule has 1 rings (SSSR count). The molecule has 1 aromatic rings. The van der Waals surface area contributed by atoms with Crippen LogP contribution in [0.4, 0.5) is 0 Å². The van der Waals surface area contributed by atoms with E-state index in [4.69, 9.17) is 5.11 Å². The molecule has 0 amide bonds. The molecule has 5 nitrogen and oxygen atoms in total. The summed E-state index contributed by atoms with van der Waals surface area (Å²) < 4.78 is 5.93. The lowest BCUT2D eigenvalue weighted by atomic mass is 10.3. The molecule has 5 heteroatoms. The summed E-state index contributed by atoms with van der Waals surface area (Å²) in [4.78, 5) is 21.7. The first-order valence-corrected chi connectivity index (χ1v) is 4.16. The molecule has 0 saturated heterocycles. The first-order valence-electron chi connectivity index (χ1n) is 4.16. The molecule has 0 aromatic carbocycles. The molecule has 0 fully saturated rings. The zero-order valence-corrected chi connectivity index (χ0v) is 7.92. The van der Waals surface area contributed by atoms with Gasteiger partial charge in [-0.1, -0.05) is 6.58 Å². The van der Waals surface area contributed by atoms with Crippen molar-refractivity contribution in [2.45, 2.75) is 6.54 Å². The van der Waals surface area contributed by atoms with Crippen LogP contribution in [0.15, 0.2) is 37.4 Å². The zero-order chi connectivity index (χ0) is 11.3. The molecule has 15 heavy (non-hydrogen) atoms. The standard InChI is InChI=1S/C10H9NO4/c1-2-15-9(12)7-11-5-3-4-8(6-11)10(13)14/h2-6H,1,7H2/p+1. The van der Waals surface area contributed by atoms with Gasteiger partial charge in [-0.3, -0.25) is 0 Å². The van der Waals surface area contributed by atoms with E-state index in [-0.39, 0.29) is 12.1 Å². The maximum Gasteiger partial charge on any atom is 0.377 e. The fraction of sp³-hybridized carbons (Fsp3) is 0.100. The number of carboxylic acid groups (broad SMARTS) is 1. The van der Waals surface area contributed by atoms with Crippen molar-refractivity contribution in [3.63, 3.8) is 0 Å². The fourth-order valence-corrected chi connectivity index (χ4v) is 1.03. The third-order valence-corrected chi connectivity index (χ3v) is 1.63. The summed E-state index contributed by atoms with van der Waals surface area (Å²) >= 11 is 0. The maximum atomic E-state index is 11.0. The summed E-state index contributed by atoms with van der Waals surface area (Å²) in [5.74, 6) is -1.54. The number of hydrogen-bond donors (Lipinski definition) is 1. The van der Waals surface area contributed by atoms with Crippen LogP contribution in [0.5, 0.6) is 0 Å². The molecule has 0 saturated carbocycles. The van der Waals surface area contributed by atoms with Gasteiger partial charge in [0.15, 0.2) is 12.4 Å². The zero-order valence-electron chi connectivity index (χ0n) is 7.92. The molecule has 1 N–H and O–H groups in total. The van der Waals surface area contributed by atoms with E-state index < -0.39 is 11.9 Å². The van der Waals surface area contributed by atoms with Gasteiger partial charge in [-0.05, 0) is 6.07 Å². The van der Waals surface area contributed by atoms with Gasteiger partial charge in [-0.2, -0.15) is 4.57 Å². The van der Waals surface area contributed by atoms with Gasteiger partial charge in [0.2, 0.25) is 6.54 Å².